The highest BCUT2D eigenvalue weighted by atomic mass is 14.2. The zero-order chi connectivity index (χ0) is 56.6. The number of rotatable bonds is 4. The molecule has 0 N–H and O–H groups in total. The Bertz CT molecular complexity index is 4220. The number of hydrogen-bond acceptors (Lipinski definition) is 0. The van der Waals surface area contributed by atoms with Gasteiger partial charge in [0.15, 0.2) is 0 Å². The molecule has 9 rings (SSSR count). The summed E-state index contributed by atoms with van der Waals surface area (Å²) in [6.45, 7) is 0. The van der Waals surface area contributed by atoms with Gasteiger partial charge in [-0.2, -0.15) is 0 Å². The topological polar surface area (TPSA) is 0 Å². The summed E-state index contributed by atoms with van der Waals surface area (Å²) in [6, 6.07) is -30.5. The van der Waals surface area contributed by atoms with Gasteiger partial charge in [-0.15, -0.1) is 0 Å². The van der Waals surface area contributed by atoms with Crippen LogP contribution in [0.4, 0.5) is 0 Å². The number of benzene rings is 9. The van der Waals surface area contributed by atoms with Gasteiger partial charge in [-0.05, 0) is 112 Å². The first-order chi connectivity index (χ1) is 35.3. The molecule has 0 bridgehead atoms. The van der Waals surface area contributed by atoms with Crippen molar-refractivity contribution in [2.24, 2.45) is 0 Å². The molecular weight excluding hydrogens is 553 g/mol. The highest BCUT2D eigenvalue weighted by Gasteiger charge is 2.19. The molecule has 0 atom stereocenters. The minimum atomic E-state index is -1.18. The second-order valence-corrected chi connectivity index (χ2v) is 9.75. The molecule has 0 aliphatic rings. The van der Waals surface area contributed by atoms with Crippen LogP contribution < -0.4 is 0 Å². The first-order valence-corrected chi connectivity index (χ1v) is 13.5. The Morgan fingerprint density at radius 1 is 0.261 bits per heavy atom. The predicted molar refractivity (Wildman–Crippen MR) is 198 cm³/mol. The van der Waals surface area contributed by atoms with Crippen molar-refractivity contribution in [1.82, 2.24) is 0 Å². The van der Waals surface area contributed by atoms with E-state index in [1.165, 1.54) is 0 Å². The van der Waals surface area contributed by atoms with Gasteiger partial charge in [0.2, 0.25) is 0 Å². The molecule has 0 fully saturated rings. The third-order valence-corrected chi connectivity index (χ3v) is 7.19. The van der Waals surface area contributed by atoms with E-state index in [-0.39, 0.29) is 0 Å². The third-order valence-electron chi connectivity index (χ3n) is 7.19. The monoisotopic (exact) mass is 612 g/mol. The van der Waals surface area contributed by atoms with E-state index < -0.39 is 269 Å². The molecule has 46 heavy (non-hydrogen) atoms. The Kier molecular flexibility index (Phi) is 2.37. The van der Waals surface area contributed by atoms with E-state index in [2.05, 4.69) is 0 Å². The van der Waals surface area contributed by atoms with Crippen molar-refractivity contribution < 1.29 is 41.1 Å². The molecule has 0 saturated heterocycles. The summed E-state index contributed by atoms with van der Waals surface area (Å²) in [7, 11) is 0. The summed E-state index contributed by atoms with van der Waals surface area (Å²) in [4.78, 5) is 0. The molecule has 0 heterocycles. The van der Waals surface area contributed by atoms with Crippen LogP contribution in [-0.2, 0) is 0 Å². The van der Waals surface area contributed by atoms with Gasteiger partial charge in [0, 0.05) is 0 Å². The summed E-state index contributed by atoms with van der Waals surface area (Å²) in [5.41, 5.74) is -7.16. The van der Waals surface area contributed by atoms with Gasteiger partial charge >= 0.3 is 0 Å². The van der Waals surface area contributed by atoms with Crippen LogP contribution in [0.25, 0.3) is 87.6 Å². The Balaban J connectivity index is 1.71. The molecule has 214 valence electrons. The smallest absolute Gasteiger partial charge is 0.0622 e. The molecule has 0 spiro atoms. The van der Waals surface area contributed by atoms with Crippen molar-refractivity contribution in [3.8, 4) is 44.5 Å². The quantitative estimate of drug-likeness (QED) is 0.173. The van der Waals surface area contributed by atoms with Gasteiger partial charge in [-0.25, -0.2) is 0 Å². The van der Waals surface area contributed by atoms with Crippen molar-refractivity contribution in [2.75, 3.05) is 0 Å². The lowest BCUT2D eigenvalue weighted by atomic mass is 9.83. The van der Waals surface area contributed by atoms with Crippen LogP contribution in [0.5, 0.6) is 0 Å². The predicted octanol–water partition coefficient (Wildman–Crippen LogP) is 13.0. The maximum Gasteiger partial charge on any atom is 0.0636 e. The summed E-state index contributed by atoms with van der Waals surface area (Å²) in [6.07, 6.45) is 0. The van der Waals surface area contributed by atoms with Crippen molar-refractivity contribution in [2.45, 2.75) is 0 Å². The maximum atomic E-state index is 10.1. The Labute approximate surface area is 311 Å². The summed E-state index contributed by atoms with van der Waals surface area (Å²) >= 11 is 0. The molecule has 0 aliphatic heterocycles. The highest BCUT2D eigenvalue weighted by Crippen LogP contribution is 2.46. The lowest BCUT2D eigenvalue weighted by Crippen LogP contribution is -1.93. The van der Waals surface area contributed by atoms with Gasteiger partial charge in [0.25, 0.3) is 0 Å². The van der Waals surface area contributed by atoms with E-state index in [0.717, 1.165) is 0 Å². The van der Waals surface area contributed by atoms with Gasteiger partial charge in [0.1, 0.15) is 0 Å². The first-order valence-electron chi connectivity index (χ1n) is 28.5. The summed E-state index contributed by atoms with van der Waals surface area (Å²) in [5.74, 6) is 0. The second kappa shape index (κ2) is 10.9. The van der Waals surface area contributed by atoms with Gasteiger partial charge in [-0.1, -0.05) is 157 Å². The summed E-state index contributed by atoms with van der Waals surface area (Å²) in [5, 5.41) is -6.35. The molecule has 0 saturated carbocycles. The minimum Gasteiger partial charge on any atom is -0.0622 e. The number of hydrogen-bond donors (Lipinski definition) is 0. The van der Waals surface area contributed by atoms with Crippen LogP contribution in [0.15, 0.2) is 181 Å². The van der Waals surface area contributed by atoms with E-state index in [0.29, 0.717) is 0 Å². The van der Waals surface area contributed by atoms with Crippen molar-refractivity contribution in [1.29, 1.82) is 0 Å². The van der Waals surface area contributed by atoms with Gasteiger partial charge in [0.05, 0.1) is 41.1 Å². The Morgan fingerprint density at radius 2 is 0.761 bits per heavy atom. The maximum absolute atomic E-state index is 10.1. The van der Waals surface area contributed by atoms with Crippen LogP contribution in [0.2, 0.25) is 0 Å². The lowest BCUT2D eigenvalue weighted by Gasteiger charge is -2.20. The zero-order valence-corrected chi connectivity index (χ0v) is 23.0. The van der Waals surface area contributed by atoms with E-state index in [9.17, 15) is 15.1 Å². The van der Waals surface area contributed by atoms with E-state index >= 15 is 0 Å². The minimum absolute atomic E-state index is 0.617. The van der Waals surface area contributed by atoms with Crippen LogP contribution in [-0.4, -0.2) is 0 Å². The van der Waals surface area contributed by atoms with Crippen LogP contribution in [0.3, 0.4) is 0 Å². The third kappa shape index (κ3) is 4.38. The molecule has 0 radical (unpaired) electrons. The molecule has 0 heteroatoms. The van der Waals surface area contributed by atoms with E-state index in [4.69, 9.17) is 26.0 Å². The SMILES string of the molecule is [2H]c1c([2H])c([2H])c(-c2c([2H])c(-c3c4c([2H])c([2H])c([2H])c([2H])c4c(-c4c([2H])c([2H])c([2H])c([2H])c4[2H])c4c([2H])c(-c5c([2H])c([2H])c6c([2H])c([2H])c([2H])c([2H])c6c5[2H])c([2H])c([2H])c34)c([2H])c3c([2H])c([2H])c([2H])c([2H])c23)c([2H])c1[2H]. The normalized spacial score (nSPS) is 20.6. The Hall–Kier alpha value is -5.98. The van der Waals surface area contributed by atoms with Crippen molar-refractivity contribution in [3.63, 3.8) is 0 Å². The molecule has 0 aromatic heterocycles. The molecule has 0 aliphatic carbocycles. The average molecular weight is 613 g/mol. The van der Waals surface area contributed by atoms with Crippen LogP contribution in [0.1, 0.15) is 41.1 Å². The van der Waals surface area contributed by atoms with Crippen molar-refractivity contribution >= 4 is 43.1 Å². The van der Waals surface area contributed by atoms with Gasteiger partial charge in [-0.3, -0.25) is 0 Å². The van der Waals surface area contributed by atoms with E-state index in [1.54, 1.807) is 0 Å². The fourth-order valence-electron chi connectivity index (χ4n) is 5.25. The molecule has 0 nitrogen and oxygen atoms in total. The lowest BCUT2D eigenvalue weighted by molar-refractivity contribution is 1.63. The van der Waals surface area contributed by atoms with Crippen molar-refractivity contribution in [3.05, 3.63) is 181 Å². The van der Waals surface area contributed by atoms with E-state index in [1.807, 2.05) is 0 Å². The fraction of sp³-hybridized carbons (Fsp3) is 0. The number of fused-ring (bicyclic) bond motifs is 4. The summed E-state index contributed by atoms with van der Waals surface area (Å²) < 4.78 is 271. The standard InChI is InChI=1S/C46H30/c1-3-14-32(15-4-1)43-30-38(28-37-19-9-10-20-39(37)43)46-41-22-12-11-21-40(41)45(33-16-5-2-6-17-33)44-29-36(25-26-42(44)46)35-24-23-31-13-7-8-18-34(31)27-35/h1-30H/i1D,2D,3D,4D,5D,6D,7D,8D,9D,10D,11D,12D,13D,14D,15D,16D,17D,18D,19D,20D,21D,22D,23D,24D,25D,26D,27D,28D,29D,30D. The second-order valence-electron chi connectivity index (χ2n) is 9.75. The zero-order valence-electron chi connectivity index (χ0n) is 53.0. The largest absolute Gasteiger partial charge is 0.0636 e. The fourth-order valence-corrected chi connectivity index (χ4v) is 5.25. The van der Waals surface area contributed by atoms with Crippen LogP contribution >= 0.6 is 0 Å². The molecule has 0 amide bonds. The van der Waals surface area contributed by atoms with Crippen LogP contribution in [0, 0.1) is 0 Å². The molecule has 0 unspecified atom stereocenters. The highest BCUT2D eigenvalue weighted by molar-refractivity contribution is 6.22. The first kappa shape index (κ1) is 10.0. The Morgan fingerprint density at radius 3 is 1.50 bits per heavy atom. The molecule has 9 aromatic rings. The average Bonchev–Trinajstić information content (AvgIpc) is 3.38. The molecule has 9 aromatic carbocycles. The van der Waals surface area contributed by atoms with Gasteiger partial charge < -0.3 is 0 Å². The molecular formula is C46H30.